The van der Waals surface area contributed by atoms with Gasteiger partial charge in [0.25, 0.3) is 5.91 Å². The number of piperidine rings is 1. The third-order valence-corrected chi connectivity index (χ3v) is 5.75. The van der Waals surface area contributed by atoms with Gasteiger partial charge in [0.1, 0.15) is 5.69 Å². The Labute approximate surface area is 180 Å². The molecule has 0 saturated carbocycles. The quantitative estimate of drug-likeness (QED) is 0.674. The SMILES string of the molecule is Cc1cccc(C(=O)N2CCC[C@@H](C)C2CNc2ncc(Cl)cn2)c1-n1nccn1. The molecule has 1 aromatic carbocycles. The predicted molar refractivity (Wildman–Crippen MR) is 115 cm³/mol. The van der Waals surface area contributed by atoms with Gasteiger partial charge in [-0.05, 0) is 37.3 Å². The lowest BCUT2D eigenvalue weighted by Crippen LogP contribution is -2.51. The number of aryl methyl sites for hydroxylation is 1. The number of benzene rings is 1. The topological polar surface area (TPSA) is 88.8 Å². The van der Waals surface area contributed by atoms with Crippen LogP contribution >= 0.6 is 11.6 Å². The maximum atomic E-state index is 13.7. The van der Waals surface area contributed by atoms with Crippen molar-refractivity contribution < 1.29 is 4.79 Å². The Morgan fingerprint density at radius 2 is 1.97 bits per heavy atom. The highest BCUT2D eigenvalue weighted by atomic mass is 35.5. The van der Waals surface area contributed by atoms with Crippen LogP contribution in [0.3, 0.4) is 0 Å². The van der Waals surface area contributed by atoms with Gasteiger partial charge < -0.3 is 10.2 Å². The van der Waals surface area contributed by atoms with Gasteiger partial charge in [-0.2, -0.15) is 15.0 Å². The lowest BCUT2D eigenvalue weighted by Gasteiger charge is -2.40. The molecule has 0 aliphatic carbocycles. The molecule has 0 radical (unpaired) electrons. The maximum absolute atomic E-state index is 13.7. The number of carbonyl (C=O) groups excluding carboxylic acids is 1. The second-order valence-corrected chi connectivity index (χ2v) is 8.02. The van der Waals surface area contributed by atoms with Crippen LogP contribution in [0, 0.1) is 12.8 Å². The van der Waals surface area contributed by atoms with Crippen LogP contribution in [0.1, 0.15) is 35.7 Å². The van der Waals surface area contributed by atoms with E-state index in [-0.39, 0.29) is 11.9 Å². The van der Waals surface area contributed by atoms with Gasteiger partial charge in [-0.15, -0.1) is 0 Å². The zero-order valence-corrected chi connectivity index (χ0v) is 17.8. The van der Waals surface area contributed by atoms with Crippen LogP contribution < -0.4 is 5.32 Å². The molecule has 0 bridgehead atoms. The van der Waals surface area contributed by atoms with Crippen molar-refractivity contribution in [2.45, 2.75) is 32.7 Å². The van der Waals surface area contributed by atoms with E-state index in [1.165, 1.54) is 4.80 Å². The molecule has 1 saturated heterocycles. The van der Waals surface area contributed by atoms with Crippen LogP contribution in [0.15, 0.2) is 43.0 Å². The number of hydrogen-bond acceptors (Lipinski definition) is 6. The van der Waals surface area contributed by atoms with Gasteiger partial charge in [0.15, 0.2) is 0 Å². The summed E-state index contributed by atoms with van der Waals surface area (Å²) in [7, 11) is 0. The maximum Gasteiger partial charge on any atom is 0.256 e. The van der Waals surface area contributed by atoms with Crippen molar-refractivity contribution in [2.75, 3.05) is 18.4 Å². The van der Waals surface area contributed by atoms with Gasteiger partial charge in [-0.1, -0.05) is 30.7 Å². The third-order valence-electron chi connectivity index (χ3n) is 5.55. The van der Waals surface area contributed by atoms with E-state index in [2.05, 4.69) is 32.4 Å². The summed E-state index contributed by atoms with van der Waals surface area (Å²) in [4.78, 5) is 25.5. The number of nitrogens with one attached hydrogen (secondary N) is 1. The minimum atomic E-state index is -0.0126. The molecule has 1 unspecified atom stereocenters. The molecule has 156 valence electrons. The summed E-state index contributed by atoms with van der Waals surface area (Å²) in [5, 5.41) is 12.2. The van der Waals surface area contributed by atoms with Crippen LogP contribution in [-0.2, 0) is 0 Å². The molecule has 3 aromatic rings. The number of carbonyl (C=O) groups is 1. The van der Waals surface area contributed by atoms with Crippen LogP contribution in [0.2, 0.25) is 5.02 Å². The van der Waals surface area contributed by atoms with E-state index in [4.69, 9.17) is 11.6 Å². The van der Waals surface area contributed by atoms with Crippen LogP contribution in [0.4, 0.5) is 5.95 Å². The Morgan fingerprint density at radius 3 is 2.70 bits per heavy atom. The molecule has 1 fully saturated rings. The summed E-state index contributed by atoms with van der Waals surface area (Å²) in [5.74, 6) is 0.835. The largest absolute Gasteiger partial charge is 0.352 e. The van der Waals surface area contributed by atoms with E-state index in [0.29, 0.717) is 35.5 Å². The molecule has 1 amide bonds. The summed E-state index contributed by atoms with van der Waals surface area (Å²) >= 11 is 5.87. The average molecular weight is 426 g/mol. The zero-order valence-electron chi connectivity index (χ0n) is 17.0. The van der Waals surface area contributed by atoms with Gasteiger partial charge in [-0.3, -0.25) is 4.79 Å². The van der Waals surface area contributed by atoms with Crippen molar-refractivity contribution >= 4 is 23.5 Å². The summed E-state index contributed by atoms with van der Waals surface area (Å²) in [6, 6.07) is 5.73. The number of likely N-dealkylation sites (tertiary alicyclic amines) is 1. The number of hydrogen-bond donors (Lipinski definition) is 1. The van der Waals surface area contributed by atoms with E-state index >= 15 is 0 Å². The lowest BCUT2D eigenvalue weighted by atomic mass is 9.89. The number of para-hydroxylation sites is 1. The molecule has 0 spiro atoms. The van der Waals surface area contributed by atoms with Crippen LogP contribution in [0.25, 0.3) is 5.69 Å². The molecule has 3 heterocycles. The first-order valence-corrected chi connectivity index (χ1v) is 10.4. The highest BCUT2D eigenvalue weighted by Crippen LogP contribution is 2.27. The van der Waals surface area contributed by atoms with E-state index in [1.54, 1.807) is 24.8 Å². The summed E-state index contributed by atoms with van der Waals surface area (Å²) < 4.78 is 0. The molecule has 2 aromatic heterocycles. The molecule has 4 rings (SSSR count). The molecule has 9 heteroatoms. The van der Waals surface area contributed by atoms with Crippen molar-refractivity contribution in [1.82, 2.24) is 29.9 Å². The van der Waals surface area contributed by atoms with Gasteiger partial charge >= 0.3 is 0 Å². The molecular weight excluding hydrogens is 402 g/mol. The number of amides is 1. The summed E-state index contributed by atoms with van der Waals surface area (Å²) in [5.41, 5.74) is 2.28. The molecule has 1 aliphatic heterocycles. The predicted octanol–water partition coefficient (Wildman–Crippen LogP) is 3.37. The molecule has 8 nitrogen and oxygen atoms in total. The number of nitrogens with zero attached hydrogens (tertiary/aromatic N) is 6. The fraction of sp³-hybridized carbons (Fsp3) is 0.381. The number of rotatable bonds is 5. The molecule has 30 heavy (non-hydrogen) atoms. The second kappa shape index (κ2) is 8.79. The van der Waals surface area contributed by atoms with Gasteiger partial charge in [-0.25, -0.2) is 9.97 Å². The Bertz CT molecular complexity index is 1010. The number of aromatic nitrogens is 5. The highest BCUT2D eigenvalue weighted by molar-refractivity contribution is 6.30. The number of halogens is 1. The van der Waals surface area contributed by atoms with Crippen LogP contribution in [-0.4, -0.2) is 54.9 Å². The minimum absolute atomic E-state index is 0.0126. The van der Waals surface area contributed by atoms with Crippen molar-refractivity contribution in [3.05, 3.63) is 59.1 Å². The first-order chi connectivity index (χ1) is 14.5. The fourth-order valence-corrected chi connectivity index (χ4v) is 4.09. The van der Waals surface area contributed by atoms with Gasteiger partial charge in [0, 0.05) is 13.1 Å². The van der Waals surface area contributed by atoms with E-state index in [1.807, 2.05) is 30.0 Å². The zero-order chi connectivity index (χ0) is 21.1. The Hall–Kier alpha value is -3.00. The molecule has 1 aliphatic rings. The van der Waals surface area contributed by atoms with E-state index in [9.17, 15) is 4.79 Å². The average Bonchev–Trinajstić information content (AvgIpc) is 3.27. The van der Waals surface area contributed by atoms with Crippen molar-refractivity contribution in [3.8, 4) is 5.69 Å². The molecular formula is C21H24ClN7O. The first-order valence-electron chi connectivity index (χ1n) is 10.0. The van der Waals surface area contributed by atoms with E-state index < -0.39 is 0 Å². The summed E-state index contributed by atoms with van der Waals surface area (Å²) in [6.45, 7) is 5.42. The van der Waals surface area contributed by atoms with Gasteiger partial charge in [0.05, 0.1) is 41.4 Å². The van der Waals surface area contributed by atoms with Crippen molar-refractivity contribution in [3.63, 3.8) is 0 Å². The monoisotopic (exact) mass is 425 g/mol. The second-order valence-electron chi connectivity index (χ2n) is 7.58. The summed E-state index contributed by atoms with van der Waals surface area (Å²) in [6.07, 6.45) is 8.38. The Kier molecular flexibility index (Phi) is 5.94. The fourth-order valence-electron chi connectivity index (χ4n) is 3.99. The van der Waals surface area contributed by atoms with E-state index in [0.717, 1.165) is 24.1 Å². The Morgan fingerprint density at radius 1 is 1.23 bits per heavy atom. The normalized spacial score (nSPS) is 19.0. The van der Waals surface area contributed by atoms with Gasteiger partial charge in [0.2, 0.25) is 5.95 Å². The first kappa shape index (κ1) is 20.3. The smallest absolute Gasteiger partial charge is 0.256 e. The minimum Gasteiger partial charge on any atom is -0.352 e. The highest BCUT2D eigenvalue weighted by Gasteiger charge is 2.33. The van der Waals surface area contributed by atoms with Crippen molar-refractivity contribution in [2.24, 2.45) is 5.92 Å². The molecule has 2 atom stereocenters. The molecule has 1 N–H and O–H groups in total. The standard InChI is InChI=1S/C21H24ClN7O/c1-14-6-4-10-28(18(14)13-25-21-23-11-16(22)12-24-21)20(30)17-7-3-5-15(2)19(17)29-26-8-9-27-29/h3,5,7-9,11-12,14,18H,4,6,10,13H2,1-2H3,(H,23,24,25)/t14-,18?/m1/s1. The van der Waals surface area contributed by atoms with Crippen LogP contribution in [0.5, 0.6) is 0 Å². The Balaban J connectivity index is 1.60. The lowest BCUT2D eigenvalue weighted by molar-refractivity contribution is 0.0539. The third kappa shape index (κ3) is 4.14. The van der Waals surface area contributed by atoms with Crippen molar-refractivity contribution in [1.29, 1.82) is 0 Å². The number of anilines is 1.